The number of carbonyl (C=O) groups excluding carboxylic acids is 1. The van der Waals surface area contributed by atoms with Gasteiger partial charge in [0, 0.05) is 37.9 Å². The minimum absolute atomic E-state index is 0.109. The van der Waals surface area contributed by atoms with Gasteiger partial charge in [-0.15, -0.1) is 0 Å². The minimum atomic E-state index is -0.109. The quantitative estimate of drug-likeness (QED) is 0.583. The maximum absolute atomic E-state index is 12.5. The Labute approximate surface area is 189 Å². The highest BCUT2D eigenvalue weighted by Crippen LogP contribution is 2.21. The summed E-state index contributed by atoms with van der Waals surface area (Å²) in [5.74, 6) is 1.47. The average molecular weight is 432 g/mol. The summed E-state index contributed by atoms with van der Waals surface area (Å²) in [5, 5.41) is 2.95. The van der Waals surface area contributed by atoms with E-state index in [1.54, 1.807) is 7.11 Å². The first-order valence-corrected chi connectivity index (χ1v) is 11.0. The van der Waals surface area contributed by atoms with E-state index in [1.165, 1.54) is 0 Å². The van der Waals surface area contributed by atoms with Crippen LogP contribution in [0, 0.1) is 0 Å². The molecule has 0 spiro atoms. The fourth-order valence-corrected chi connectivity index (χ4v) is 3.85. The average Bonchev–Trinajstić information content (AvgIpc) is 2.85. The molecule has 4 rings (SSSR count). The SMILES string of the molecule is COc1cccc(CNC(=O)c2ccc(OC3CCN(Cc4ccccn4)CC3)cc2)c1. The lowest BCUT2D eigenvalue weighted by Gasteiger charge is -2.31. The number of hydrogen-bond acceptors (Lipinski definition) is 5. The smallest absolute Gasteiger partial charge is 0.251 e. The number of hydrogen-bond donors (Lipinski definition) is 1. The van der Waals surface area contributed by atoms with Gasteiger partial charge in [0.1, 0.15) is 17.6 Å². The Morgan fingerprint density at radius 3 is 2.56 bits per heavy atom. The largest absolute Gasteiger partial charge is 0.497 e. The van der Waals surface area contributed by atoms with Gasteiger partial charge < -0.3 is 14.8 Å². The molecule has 6 nitrogen and oxygen atoms in total. The van der Waals surface area contributed by atoms with E-state index in [9.17, 15) is 4.79 Å². The molecule has 1 fully saturated rings. The van der Waals surface area contributed by atoms with Crippen molar-refractivity contribution in [1.82, 2.24) is 15.2 Å². The number of ether oxygens (including phenoxy) is 2. The summed E-state index contributed by atoms with van der Waals surface area (Å²) in [5.41, 5.74) is 2.71. The van der Waals surface area contributed by atoms with E-state index in [4.69, 9.17) is 9.47 Å². The lowest BCUT2D eigenvalue weighted by atomic mass is 10.1. The van der Waals surface area contributed by atoms with Gasteiger partial charge in [0.2, 0.25) is 0 Å². The predicted molar refractivity (Wildman–Crippen MR) is 124 cm³/mol. The summed E-state index contributed by atoms with van der Waals surface area (Å²) >= 11 is 0. The van der Waals surface area contributed by atoms with Crippen LogP contribution in [0.2, 0.25) is 0 Å². The number of aromatic nitrogens is 1. The number of nitrogens with zero attached hydrogens (tertiary/aromatic N) is 2. The summed E-state index contributed by atoms with van der Waals surface area (Å²) in [6, 6.07) is 21.1. The number of likely N-dealkylation sites (tertiary alicyclic amines) is 1. The van der Waals surface area contributed by atoms with Crippen LogP contribution in [0.25, 0.3) is 0 Å². The molecule has 3 aromatic rings. The van der Waals surface area contributed by atoms with E-state index >= 15 is 0 Å². The number of piperidine rings is 1. The summed E-state index contributed by atoms with van der Waals surface area (Å²) in [6.45, 7) is 3.32. The van der Waals surface area contributed by atoms with E-state index < -0.39 is 0 Å². The number of amides is 1. The molecule has 1 saturated heterocycles. The molecular formula is C26H29N3O3. The standard InChI is InChI=1S/C26H29N3O3/c1-31-25-7-4-5-20(17-25)18-28-26(30)21-8-10-23(11-9-21)32-24-12-15-29(16-13-24)19-22-6-2-3-14-27-22/h2-11,14,17,24H,12-13,15-16,18-19H2,1H3,(H,28,30). The summed E-state index contributed by atoms with van der Waals surface area (Å²) < 4.78 is 11.4. The van der Waals surface area contributed by atoms with Crippen molar-refractivity contribution >= 4 is 5.91 Å². The van der Waals surface area contributed by atoms with Crippen LogP contribution in [0.15, 0.2) is 72.9 Å². The first-order valence-electron chi connectivity index (χ1n) is 11.0. The van der Waals surface area contributed by atoms with Crippen LogP contribution < -0.4 is 14.8 Å². The highest BCUT2D eigenvalue weighted by Gasteiger charge is 2.21. The van der Waals surface area contributed by atoms with Crippen LogP contribution in [0.3, 0.4) is 0 Å². The molecule has 1 amide bonds. The second-order valence-electron chi connectivity index (χ2n) is 7.97. The fourth-order valence-electron chi connectivity index (χ4n) is 3.85. The Hall–Kier alpha value is -3.38. The molecule has 1 N–H and O–H groups in total. The van der Waals surface area contributed by atoms with Gasteiger partial charge in [-0.1, -0.05) is 18.2 Å². The molecule has 0 atom stereocenters. The number of nitrogens with one attached hydrogen (secondary N) is 1. The first kappa shape index (κ1) is 21.8. The van der Waals surface area contributed by atoms with Gasteiger partial charge in [-0.25, -0.2) is 0 Å². The molecule has 2 aromatic carbocycles. The van der Waals surface area contributed by atoms with Crippen molar-refractivity contribution in [2.24, 2.45) is 0 Å². The molecule has 166 valence electrons. The van der Waals surface area contributed by atoms with Crippen LogP contribution in [0.1, 0.15) is 34.5 Å². The highest BCUT2D eigenvalue weighted by atomic mass is 16.5. The predicted octanol–water partition coefficient (Wildman–Crippen LogP) is 4.06. The third-order valence-corrected chi connectivity index (χ3v) is 5.65. The van der Waals surface area contributed by atoms with Crippen LogP contribution in [0.5, 0.6) is 11.5 Å². The lowest BCUT2D eigenvalue weighted by Crippen LogP contribution is -2.37. The molecule has 0 radical (unpaired) electrons. The van der Waals surface area contributed by atoms with Crippen molar-refractivity contribution in [2.75, 3.05) is 20.2 Å². The molecule has 1 aromatic heterocycles. The van der Waals surface area contributed by atoms with Gasteiger partial charge in [-0.2, -0.15) is 0 Å². The van der Waals surface area contributed by atoms with Crippen molar-refractivity contribution in [3.05, 3.63) is 89.7 Å². The Bertz CT molecular complexity index is 1000. The van der Waals surface area contributed by atoms with Gasteiger partial charge in [0.25, 0.3) is 5.91 Å². The molecule has 0 saturated carbocycles. The Kier molecular flexibility index (Phi) is 7.35. The zero-order chi connectivity index (χ0) is 22.2. The maximum atomic E-state index is 12.5. The van der Waals surface area contributed by atoms with Gasteiger partial charge in [-0.3, -0.25) is 14.7 Å². The Balaban J connectivity index is 1.22. The van der Waals surface area contributed by atoms with E-state index in [0.29, 0.717) is 12.1 Å². The third kappa shape index (κ3) is 6.08. The highest BCUT2D eigenvalue weighted by molar-refractivity contribution is 5.94. The molecule has 1 aliphatic heterocycles. The number of methoxy groups -OCH3 is 1. The molecule has 32 heavy (non-hydrogen) atoms. The topological polar surface area (TPSA) is 63.7 Å². The first-order chi connectivity index (χ1) is 15.7. The van der Waals surface area contributed by atoms with Crippen molar-refractivity contribution < 1.29 is 14.3 Å². The number of pyridine rings is 1. The molecule has 0 bridgehead atoms. The Morgan fingerprint density at radius 2 is 1.84 bits per heavy atom. The van der Waals surface area contributed by atoms with E-state index in [2.05, 4.69) is 21.3 Å². The van der Waals surface area contributed by atoms with E-state index in [-0.39, 0.29) is 12.0 Å². The summed E-state index contributed by atoms with van der Waals surface area (Å²) in [7, 11) is 1.63. The molecule has 6 heteroatoms. The molecule has 0 aliphatic carbocycles. The monoisotopic (exact) mass is 431 g/mol. The fraction of sp³-hybridized carbons (Fsp3) is 0.308. The van der Waals surface area contributed by atoms with Crippen molar-refractivity contribution in [2.45, 2.75) is 32.0 Å². The van der Waals surface area contributed by atoms with Crippen molar-refractivity contribution in [3.8, 4) is 11.5 Å². The molecule has 0 unspecified atom stereocenters. The van der Waals surface area contributed by atoms with E-state index in [0.717, 1.165) is 55.2 Å². The molecule has 2 heterocycles. The van der Waals surface area contributed by atoms with E-state index in [1.807, 2.05) is 66.9 Å². The zero-order valence-corrected chi connectivity index (χ0v) is 18.4. The number of benzene rings is 2. The van der Waals surface area contributed by atoms with Gasteiger partial charge >= 0.3 is 0 Å². The van der Waals surface area contributed by atoms with Crippen molar-refractivity contribution in [1.29, 1.82) is 0 Å². The zero-order valence-electron chi connectivity index (χ0n) is 18.4. The van der Waals surface area contributed by atoms with Crippen LogP contribution in [-0.2, 0) is 13.1 Å². The van der Waals surface area contributed by atoms with Crippen LogP contribution >= 0.6 is 0 Å². The Morgan fingerprint density at radius 1 is 1.03 bits per heavy atom. The second kappa shape index (κ2) is 10.8. The second-order valence-corrected chi connectivity index (χ2v) is 7.97. The summed E-state index contributed by atoms with van der Waals surface area (Å²) in [4.78, 5) is 19.3. The van der Waals surface area contributed by atoms with Gasteiger partial charge in [0.15, 0.2) is 0 Å². The maximum Gasteiger partial charge on any atom is 0.251 e. The number of rotatable bonds is 8. The third-order valence-electron chi connectivity index (χ3n) is 5.65. The number of carbonyl (C=O) groups is 1. The summed E-state index contributed by atoms with van der Waals surface area (Å²) in [6.07, 6.45) is 4.00. The van der Waals surface area contributed by atoms with Gasteiger partial charge in [0.05, 0.1) is 12.8 Å². The van der Waals surface area contributed by atoms with Crippen LogP contribution in [0.4, 0.5) is 0 Å². The normalized spacial score (nSPS) is 14.7. The lowest BCUT2D eigenvalue weighted by molar-refractivity contribution is 0.0947. The molecular weight excluding hydrogens is 402 g/mol. The minimum Gasteiger partial charge on any atom is -0.497 e. The van der Waals surface area contributed by atoms with Gasteiger partial charge in [-0.05, 0) is 66.9 Å². The van der Waals surface area contributed by atoms with Crippen LogP contribution in [-0.4, -0.2) is 42.1 Å². The van der Waals surface area contributed by atoms with Crippen molar-refractivity contribution in [3.63, 3.8) is 0 Å². The molecule has 1 aliphatic rings.